The molecule has 0 aromatic heterocycles. The van der Waals surface area contributed by atoms with Crippen LogP contribution in [0.5, 0.6) is 0 Å². The van der Waals surface area contributed by atoms with Crippen molar-refractivity contribution in [1.29, 1.82) is 0 Å². The molecule has 1 rings (SSSR count). The van der Waals surface area contributed by atoms with Gasteiger partial charge < -0.3 is 4.74 Å². The summed E-state index contributed by atoms with van der Waals surface area (Å²) >= 11 is 0. The zero-order valence-corrected chi connectivity index (χ0v) is 7.55. The zero-order valence-electron chi connectivity index (χ0n) is 7.55. The summed E-state index contributed by atoms with van der Waals surface area (Å²) in [7, 11) is 3.33. The van der Waals surface area contributed by atoms with Crippen LogP contribution in [-0.4, -0.2) is 37.7 Å². The van der Waals surface area contributed by atoms with Crippen molar-refractivity contribution >= 4 is 0 Å². The molecule has 1 unspecified atom stereocenters. The number of methoxy groups -OCH3 is 1. The molecule has 4 heteroatoms. The smallest absolute Gasteiger partial charge is 0.147 e. The highest BCUT2D eigenvalue weighted by atomic mass is 16.7. The van der Waals surface area contributed by atoms with E-state index >= 15 is 0 Å². The maximum absolute atomic E-state index is 5.19. The summed E-state index contributed by atoms with van der Waals surface area (Å²) < 4.78 is 5.19. The van der Waals surface area contributed by atoms with Crippen LogP contribution in [0.25, 0.3) is 0 Å². The lowest BCUT2D eigenvalue weighted by Crippen LogP contribution is -2.47. The molecule has 1 aliphatic heterocycles. The maximum Gasteiger partial charge on any atom is 0.147 e. The zero-order chi connectivity index (χ0) is 8.48. The first-order valence-corrected chi connectivity index (χ1v) is 3.73. The molecule has 66 valence electrons. The second-order valence-corrected chi connectivity index (χ2v) is 3.14. The molecular formula is C7H16N2O2. The molecule has 0 radical (unpaired) electrons. The van der Waals surface area contributed by atoms with E-state index in [9.17, 15) is 0 Å². The number of nitrogens with one attached hydrogen (secondary N) is 1. The van der Waals surface area contributed by atoms with Gasteiger partial charge in [0.15, 0.2) is 0 Å². The van der Waals surface area contributed by atoms with E-state index in [1.54, 1.807) is 14.2 Å². The van der Waals surface area contributed by atoms with E-state index in [1.807, 2.05) is 5.06 Å². The van der Waals surface area contributed by atoms with Gasteiger partial charge in [0.05, 0.1) is 12.8 Å². The van der Waals surface area contributed by atoms with Crippen molar-refractivity contribution < 1.29 is 9.57 Å². The average molecular weight is 160 g/mol. The first kappa shape index (κ1) is 8.93. The minimum absolute atomic E-state index is 0.0231. The lowest BCUT2D eigenvalue weighted by atomic mass is 10.3. The largest absolute Gasteiger partial charge is 0.363 e. The van der Waals surface area contributed by atoms with Gasteiger partial charge in [-0.3, -0.25) is 10.2 Å². The van der Waals surface area contributed by atoms with Gasteiger partial charge in [-0.25, -0.2) is 0 Å². The Hall–Kier alpha value is -0.160. The normalized spacial score (nSPS) is 31.1. The van der Waals surface area contributed by atoms with Gasteiger partial charge >= 0.3 is 0 Å². The summed E-state index contributed by atoms with van der Waals surface area (Å²) in [4.78, 5) is 5.18. The second-order valence-electron chi connectivity index (χ2n) is 3.14. The summed E-state index contributed by atoms with van der Waals surface area (Å²) in [5, 5.41) is 5.09. The lowest BCUT2D eigenvalue weighted by Gasteiger charge is -2.31. The van der Waals surface area contributed by atoms with Crippen LogP contribution in [0, 0.1) is 0 Å². The van der Waals surface area contributed by atoms with Crippen molar-refractivity contribution in [3.8, 4) is 0 Å². The van der Waals surface area contributed by atoms with Gasteiger partial charge in [0.25, 0.3) is 0 Å². The first-order valence-electron chi connectivity index (χ1n) is 3.73. The molecule has 4 nitrogen and oxygen atoms in total. The van der Waals surface area contributed by atoms with Gasteiger partial charge in [-0.15, -0.1) is 5.06 Å². The van der Waals surface area contributed by atoms with Gasteiger partial charge in [0, 0.05) is 13.7 Å². The third-order valence-electron chi connectivity index (χ3n) is 1.99. The van der Waals surface area contributed by atoms with E-state index in [0.29, 0.717) is 0 Å². The minimum Gasteiger partial charge on any atom is -0.363 e. The summed E-state index contributed by atoms with van der Waals surface area (Å²) in [6.45, 7) is 4.91. The highest BCUT2D eigenvalue weighted by Crippen LogP contribution is 2.20. The van der Waals surface area contributed by atoms with Gasteiger partial charge in [0.2, 0.25) is 0 Å². The highest BCUT2D eigenvalue weighted by Gasteiger charge is 2.39. The molecule has 0 amide bonds. The number of hydrogen-bond acceptors (Lipinski definition) is 4. The molecule has 1 atom stereocenters. The third kappa shape index (κ3) is 1.54. The second kappa shape index (κ2) is 3.06. The van der Waals surface area contributed by atoms with Crippen LogP contribution in [0.1, 0.15) is 13.8 Å². The molecule has 0 spiro atoms. The first-order chi connectivity index (χ1) is 5.11. The topological polar surface area (TPSA) is 33.7 Å². The molecule has 0 bridgehead atoms. The van der Waals surface area contributed by atoms with Crippen LogP contribution in [0.3, 0.4) is 0 Å². The van der Waals surface area contributed by atoms with E-state index in [-0.39, 0.29) is 11.9 Å². The Kier molecular flexibility index (Phi) is 2.49. The SMILES string of the molecule is COC1CNC(C)(C)N1OC. The standard InChI is InChI=1S/C7H16N2O2/c1-7(2)8-5-6(10-3)9(7)11-4/h6,8H,5H2,1-4H3. The molecule has 1 heterocycles. The molecule has 0 aromatic carbocycles. The molecule has 1 N–H and O–H groups in total. The van der Waals surface area contributed by atoms with E-state index in [0.717, 1.165) is 6.54 Å². The molecule has 1 saturated heterocycles. The van der Waals surface area contributed by atoms with Crippen molar-refractivity contribution in [2.75, 3.05) is 20.8 Å². The fourth-order valence-electron chi connectivity index (χ4n) is 1.38. The van der Waals surface area contributed by atoms with Crippen LogP contribution in [0.4, 0.5) is 0 Å². The Balaban J connectivity index is 2.63. The number of hydroxylamine groups is 2. The Morgan fingerprint density at radius 2 is 2.09 bits per heavy atom. The van der Waals surface area contributed by atoms with E-state index < -0.39 is 0 Å². The maximum atomic E-state index is 5.19. The third-order valence-corrected chi connectivity index (χ3v) is 1.99. The molecule has 0 aromatic rings. The van der Waals surface area contributed by atoms with Crippen molar-refractivity contribution in [1.82, 2.24) is 10.4 Å². The van der Waals surface area contributed by atoms with Crippen molar-refractivity contribution in [3.63, 3.8) is 0 Å². The Labute approximate surface area is 67.4 Å². The van der Waals surface area contributed by atoms with Crippen LogP contribution in [0.2, 0.25) is 0 Å². The Bertz CT molecular complexity index is 138. The monoisotopic (exact) mass is 160 g/mol. The lowest BCUT2D eigenvalue weighted by molar-refractivity contribution is -0.248. The van der Waals surface area contributed by atoms with E-state index in [4.69, 9.17) is 9.57 Å². The van der Waals surface area contributed by atoms with Crippen molar-refractivity contribution in [3.05, 3.63) is 0 Å². The predicted octanol–water partition coefficient (Wildman–Crippen LogP) is 0.162. The van der Waals surface area contributed by atoms with Gasteiger partial charge in [0.1, 0.15) is 6.23 Å². The van der Waals surface area contributed by atoms with Gasteiger partial charge in [-0.1, -0.05) is 0 Å². The Morgan fingerprint density at radius 3 is 2.45 bits per heavy atom. The van der Waals surface area contributed by atoms with Crippen LogP contribution in [0.15, 0.2) is 0 Å². The quantitative estimate of drug-likeness (QED) is 0.624. The average Bonchev–Trinajstić information content (AvgIpc) is 2.24. The molecule has 1 fully saturated rings. The fourth-order valence-corrected chi connectivity index (χ4v) is 1.38. The number of ether oxygens (including phenoxy) is 1. The van der Waals surface area contributed by atoms with Crippen LogP contribution in [-0.2, 0) is 9.57 Å². The van der Waals surface area contributed by atoms with Crippen LogP contribution < -0.4 is 5.32 Å². The summed E-state index contributed by atoms with van der Waals surface area (Å²) in [6.07, 6.45) is 0.0231. The molecule has 0 aliphatic carbocycles. The molecule has 0 saturated carbocycles. The van der Waals surface area contributed by atoms with Gasteiger partial charge in [-0.2, -0.15) is 0 Å². The van der Waals surface area contributed by atoms with Crippen LogP contribution >= 0.6 is 0 Å². The Morgan fingerprint density at radius 1 is 1.45 bits per heavy atom. The van der Waals surface area contributed by atoms with E-state index in [1.165, 1.54) is 0 Å². The van der Waals surface area contributed by atoms with E-state index in [2.05, 4.69) is 19.2 Å². The number of hydrogen-bond donors (Lipinski definition) is 1. The van der Waals surface area contributed by atoms with Crippen molar-refractivity contribution in [2.24, 2.45) is 0 Å². The number of nitrogens with zero attached hydrogens (tertiary/aromatic N) is 1. The summed E-state index contributed by atoms with van der Waals surface area (Å²) in [6, 6.07) is 0. The summed E-state index contributed by atoms with van der Waals surface area (Å²) in [5.41, 5.74) is -0.130. The molecule has 1 aliphatic rings. The predicted molar refractivity (Wildman–Crippen MR) is 41.7 cm³/mol. The highest BCUT2D eigenvalue weighted by molar-refractivity contribution is 4.84. The minimum atomic E-state index is -0.130. The summed E-state index contributed by atoms with van der Waals surface area (Å²) in [5.74, 6) is 0. The molecular weight excluding hydrogens is 144 g/mol. The fraction of sp³-hybridized carbons (Fsp3) is 1.00. The molecule has 11 heavy (non-hydrogen) atoms. The van der Waals surface area contributed by atoms with Gasteiger partial charge in [-0.05, 0) is 13.8 Å². The number of rotatable bonds is 2. The van der Waals surface area contributed by atoms with Crippen molar-refractivity contribution in [2.45, 2.75) is 25.7 Å².